The second kappa shape index (κ2) is 6.73. The van der Waals surface area contributed by atoms with Crippen molar-refractivity contribution in [2.45, 2.75) is 38.7 Å². The van der Waals surface area contributed by atoms with Crippen molar-refractivity contribution in [2.24, 2.45) is 0 Å². The van der Waals surface area contributed by atoms with Crippen LogP contribution in [0.25, 0.3) is 10.8 Å². The summed E-state index contributed by atoms with van der Waals surface area (Å²) in [6, 6.07) is 20.3. The number of amides is 1. The first-order valence-electron chi connectivity index (χ1n) is 9.47. The molecule has 3 aromatic rings. The molecule has 0 saturated carbocycles. The first-order chi connectivity index (χ1) is 12.9. The Kier molecular flexibility index (Phi) is 4.39. The van der Waals surface area contributed by atoms with Gasteiger partial charge < -0.3 is 10.1 Å². The smallest absolute Gasteiger partial charge is 0.251 e. The molecule has 1 N–H and O–H groups in total. The van der Waals surface area contributed by atoms with Crippen LogP contribution in [0.2, 0.25) is 0 Å². The van der Waals surface area contributed by atoms with E-state index in [9.17, 15) is 4.79 Å². The third-order valence-electron chi connectivity index (χ3n) is 5.17. The molecule has 3 heteroatoms. The van der Waals surface area contributed by atoms with Crippen molar-refractivity contribution in [3.8, 4) is 5.75 Å². The van der Waals surface area contributed by atoms with Crippen molar-refractivity contribution in [3.63, 3.8) is 0 Å². The number of fused-ring (bicyclic) bond motifs is 2. The highest BCUT2D eigenvalue weighted by Gasteiger charge is 2.25. The molecule has 0 radical (unpaired) electrons. The summed E-state index contributed by atoms with van der Waals surface area (Å²) in [5.41, 5.74) is 3.34. The lowest BCUT2D eigenvalue weighted by Gasteiger charge is -2.19. The van der Waals surface area contributed by atoms with Gasteiger partial charge in [0.05, 0.1) is 6.54 Å². The average molecular weight is 359 g/mol. The zero-order chi connectivity index (χ0) is 19.0. The minimum absolute atomic E-state index is 0.0142. The van der Waals surface area contributed by atoms with Crippen LogP contribution in [0.3, 0.4) is 0 Å². The molecule has 0 aliphatic carbocycles. The Bertz CT molecular complexity index is 1000. The van der Waals surface area contributed by atoms with Crippen LogP contribution in [0.5, 0.6) is 5.75 Å². The second-order valence-electron chi connectivity index (χ2n) is 8.29. The van der Waals surface area contributed by atoms with Crippen LogP contribution in [-0.4, -0.2) is 18.6 Å². The average Bonchev–Trinajstić information content (AvgIpc) is 3.07. The van der Waals surface area contributed by atoms with Crippen molar-refractivity contribution < 1.29 is 9.53 Å². The highest BCUT2D eigenvalue weighted by atomic mass is 16.5. The molecule has 0 bridgehead atoms. The second-order valence-corrected chi connectivity index (χ2v) is 8.29. The van der Waals surface area contributed by atoms with Gasteiger partial charge in [0.15, 0.2) is 0 Å². The Balaban J connectivity index is 1.40. The lowest BCUT2D eigenvalue weighted by molar-refractivity contribution is 0.0933. The molecule has 0 unspecified atom stereocenters. The van der Waals surface area contributed by atoms with E-state index in [1.165, 1.54) is 11.1 Å². The van der Waals surface area contributed by atoms with E-state index in [1.54, 1.807) is 0 Å². The van der Waals surface area contributed by atoms with E-state index in [-0.39, 0.29) is 17.4 Å². The standard InChI is InChI=1S/C24H25NO2/c1-24(2,3)20-10-11-22-19(13-20)14-21(27-22)15-25-23(26)18-9-8-16-6-4-5-7-17(16)12-18/h4-13,21H,14-15H2,1-3H3,(H,25,26)/t21-/m1/s1. The lowest BCUT2D eigenvalue weighted by atomic mass is 9.86. The van der Waals surface area contributed by atoms with Crippen molar-refractivity contribution >= 4 is 16.7 Å². The van der Waals surface area contributed by atoms with E-state index >= 15 is 0 Å². The zero-order valence-corrected chi connectivity index (χ0v) is 16.1. The SMILES string of the molecule is CC(C)(C)c1ccc2c(c1)C[C@H](CNC(=O)c1ccc3ccccc3c1)O2. The van der Waals surface area contributed by atoms with Crippen LogP contribution < -0.4 is 10.1 Å². The molecule has 0 aromatic heterocycles. The molecule has 3 aromatic carbocycles. The maximum Gasteiger partial charge on any atom is 0.251 e. The molecular formula is C24H25NO2. The maximum absolute atomic E-state index is 12.5. The van der Waals surface area contributed by atoms with Gasteiger partial charge in [-0.2, -0.15) is 0 Å². The van der Waals surface area contributed by atoms with Gasteiger partial charge in [-0.25, -0.2) is 0 Å². The molecular weight excluding hydrogens is 334 g/mol. The lowest BCUT2D eigenvalue weighted by Crippen LogP contribution is -2.34. The minimum atomic E-state index is -0.0595. The molecule has 1 atom stereocenters. The van der Waals surface area contributed by atoms with E-state index in [0.717, 1.165) is 22.9 Å². The van der Waals surface area contributed by atoms with Crippen LogP contribution >= 0.6 is 0 Å². The molecule has 0 saturated heterocycles. The number of carbonyl (C=O) groups is 1. The molecule has 1 aliphatic heterocycles. The van der Waals surface area contributed by atoms with Crippen molar-refractivity contribution in [1.29, 1.82) is 0 Å². The summed E-state index contributed by atoms with van der Waals surface area (Å²) in [6.07, 6.45) is 0.816. The van der Waals surface area contributed by atoms with Gasteiger partial charge in [0.1, 0.15) is 11.9 Å². The Labute approximate surface area is 160 Å². The zero-order valence-electron chi connectivity index (χ0n) is 16.1. The van der Waals surface area contributed by atoms with Gasteiger partial charge in [0.25, 0.3) is 5.91 Å². The highest BCUT2D eigenvalue weighted by Crippen LogP contribution is 2.33. The topological polar surface area (TPSA) is 38.3 Å². The van der Waals surface area contributed by atoms with Crippen LogP contribution in [0.15, 0.2) is 60.7 Å². The number of benzene rings is 3. The number of hydrogen-bond acceptors (Lipinski definition) is 2. The Morgan fingerprint density at radius 1 is 1.04 bits per heavy atom. The van der Waals surface area contributed by atoms with Crippen LogP contribution in [0.1, 0.15) is 42.3 Å². The first kappa shape index (κ1) is 17.6. The monoisotopic (exact) mass is 359 g/mol. The summed E-state index contributed by atoms with van der Waals surface area (Å²) in [6.45, 7) is 7.15. The van der Waals surface area contributed by atoms with Crippen molar-refractivity contribution in [2.75, 3.05) is 6.54 Å². The number of rotatable bonds is 3. The predicted molar refractivity (Wildman–Crippen MR) is 110 cm³/mol. The Morgan fingerprint density at radius 3 is 2.59 bits per heavy atom. The Morgan fingerprint density at radius 2 is 1.81 bits per heavy atom. The maximum atomic E-state index is 12.5. The quantitative estimate of drug-likeness (QED) is 0.724. The number of nitrogens with one attached hydrogen (secondary N) is 1. The summed E-state index contributed by atoms with van der Waals surface area (Å²) in [4.78, 5) is 12.5. The number of hydrogen-bond donors (Lipinski definition) is 1. The van der Waals surface area contributed by atoms with Crippen LogP contribution in [0.4, 0.5) is 0 Å². The largest absolute Gasteiger partial charge is 0.488 e. The molecule has 138 valence electrons. The van der Waals surface area contributed by atoms with Gasteiger partial charge in [-0.3, -0.25) is 4.79 Å². The summed E-state index contributed by atoms with van der Waals surface area (Å²) in [5.74, 6) is 0.878. The summed E-state index contributed by atoms with van der Waals surface area (Å²) in [7, 11) is 0. The predicted octanol–water partition coefficient (Wildman–Crippen LogP) is 4.87. The molecule has 1 heterocycles. The van der Waals surface area contributed by atoms with Crippen molar-refractivity contribution in [3.05, 3.63) is 77.4 Å². The third kappa shape index (κ3) is 3.68. The van der Waals surface area contributed by atoms with Crippen LogP contribution in [0, 0.1) is 0 Å². The summed E-state index contributed by atoms with van der Waals surface area (Å²) >= 11 is 0. The fraction of sp³-hybridized carbons (Fsp3) is 0.292. The van der Waals surface area contributed by atoms with E-state index < -0.39 is 0 Å². The van der Waals surface area contributed by atoms with Gasteiger partial charge in [-0.1, -0.05) is 63.2 Å². The normalized spacial score (nSPS) is 16.0. The van der Waals surface area contributed by atoms with Gasteiger partial charge in [0, 0.05) is 12.0 Å². The van der Waals surface area contributed by atoms with Crippen LogP contribution in [-0.2, 0) is 11.8 Å². The minimum Gasteiger partial charge on any atom is -0.488 e. The van der Waals surface area contributed by atoms with E-state index in [2.05, 4.69) is 44.3 Å². The van der Waals surface area contributed by atoms with Gasteiger partial charge in [-0.05, 0) is 45.5 Å². The van der Waals surface area contributed by atoms with E-state index in [0.29, 0.717) is 12.1 Å². The highest BCUT2D eigenvalue weighted by molar-refractivity contribution is 5.98. The summed E-state index contributed by atoms with van der Waals surface area (Å²) < 4.78 is 6.02. The first-order valence-corrected chi connectivity index (χ1v) is 9.47. The van der Waals surface area contributed by atoms with E-state index in [4.69, 9.17) is 4.74 Å². The molecule has 0 spiro atoms. The molecule has 27 heavy (non-hydrogen) atoms. The summed E-state index contributed by atoms with van der Waals surface area (Å²) in [5, 5.41) is 5.23. The van der Waals surface area contributed by atoms with E-state index in [1.807, 2.05) is 42.5 Å². The van der Waals surface area contributed by atoms with Gasteiger partial charge >= 0.3 is 0 Å². The third-order valence-corrected chi connectivity index (χ3v) is 5.17. The molecule has 1 amide bonds. The number of ether oxygens (including phenoxy) is 1. The number of carbonyl (C=O) groups excluding carboxylic acids is 1. The molecule has 4 rings (SSSR count). The van der Waals surface area contributed by atoms with Gasteiger partial charge in [0.2, 0.25) is 0 Å². The molecule has 3 nitrogen and oxygen atoms in total. The van der Waals surface area contributed by atoms with Gasteiger partial charge in [-0.15, -0.1) is 0 Å². The fourth-order valence-corrected chi connectivity index (χ4v) is 3.54. The van der Waals surface area contributed by atoms with Crippen molar-refractivity contribution in [1.82, 2.24) is 5.32 Å². The fourth-order valence-electron chi connectivity index (χ4n) is 3.54. The molecule has 0 fully saturated rings. The Hall–Kier alpha value is -2.81. The molecule has 1 aliphatic rings.